The van der Waals surface area contributed by atoms with Crippen LogP contribution >= 0.6 is 11.6 Å². The van der Waals surface area contributed by atoms with E-state index >= 15 is 0 Å². The Bertz CT molecular complexity index is 891. The van der Waals surface area contributed by atoms with Gasteiger partial charge in [-0.3, -0.25) is 0 Å². The predicted molar refractivity (Wildman–Crippen MR) is 108 cm³/mol. The van der Waals surface area contributed by atoms with Gasteiger partial charge in [-0.1, -0.05) is 67.9 Å². The van der Waals surface area contributed by atoms with Crippen LogP contribution < -0.4 is 0 Å². The molecule has 1 atom stereocenters. The Balaban J connectivity index is 1.83. The van der Waals surface area contributed by atoms with Crippen LogP contribution in [0.25, 0.3) is 0 Å². The van der Waals surface area contributed by atoms with Crippen molar-refractivity contribution >= 4 is 11.6 Å². The molecule has 1 aromatic heterocycles. The quantitative estimate of drug-likeness (QED) is 0.623. The third kappa shape index (κ3) is 4.59. The third-order valence-corrected chi connectivity index (χ3v) is 4.81. The van der Waals surface area contributed by atoms with E-state index in [4.69, 9.17) is 21.3 Å². The van der Waals surface area contributed by atoms with Crippen molar-refractivity contribution in [1.29, 1.82) is 0 Å². The minimum Gasteiger partial charge on any atom is -0.382 e. The van der Waals surface area contributed by atoms with Crippen molar-refractivity contribution < 1.29 is 9.84 Å². The topological polar surface area (TPSA) is 47.3 Å². The molecule has 3 rings (SSSR count). The van der Waals surface area contributed by atoms with E-state index in [-0.39, 0.29) is 5.92 Å². The molecule has 142 valence electrons. The number of imidazole rings is 1. The van der Waals surface area contributed by atoms with E-state index in [2.05, 4.69) is 13.8 Å². The molecule has 0 aliphatic heterocycles. The van der Waals surface area contributed by atoms with Crippen molar-refractivity contribution in [3.63, 3.8) is 0 Å². The summed E-state index contributed by atoms with van der Waals surface area (Å²) in [7, 11) is 1.92. The molecule has 27 heavy (non-hydrogen) atoms. The number of benzene rings is 2. The summed E-state index contributed by atoms with van der Waals surface area (Å²) in [5.74, 6) is 0.980. The molecule has 4 nitrogen and oxygen atoms in total. The molecule has 1 unspecified atom stereocenters. The fraction of sp³-hybridized carbons (Fsp3) is 0.318. The zero-order chi connectivity index (χ0) is 19.4. The van der Waals surface area contributed by atoms with Crippen molar-refractivity contribution in [2.45, 2.75) is 39.1 Å². The number of aromatic nitrogens is 2. The van der Waals surface area contributed by atoms with Gasteiger partial charge in [-0.05, 0) is 29.2 Å². The maximum absolute atomic E-state index is 11.0. The number of aliphatic hydroxyl groups is 1. The highest BCUT2D eigenvalue weighted by Gasteiger charge is 2.24. The summed E-state index contributed by atoms with van der Waals surface area (Å²) in [6.45, 7) is 5.06. The first kappa shape index (κ1) is 19.6. The van der Waals surface area contributed by atoms with Crippen LogP contribution in [0.4, 0.5) is 0 Å². The molecule has 1 N–H and O–H groups in total. The molecule has 0 fully saturated rings. The molecule has 0 aliphatic carbocycles. The average molecular weight is 385 g/mol. The fourth-order valence-corrected chi connectivity index (χ4v) is 3.33. The van der Waals surface area contributed by atoms with Crippen LogP contribution in [0.2, 0.25) is 5.02 Å². The summed E-state index contributed by atoms with van der Waals surface area (Å²) in [4.78, 5) is 4.75. The van der Waals surface area contributed by atoms with Crippen LogP contribution in [0, 0.1) is 0 Å². The largest absolute Gasteiger partial charge is 0.382 e. The van der Waals surface area contributed by atoms with E-state index in [0.29, 0.717) is 18.2 Å². The van der Waals surface area contributed by atoms with Gasteiger partial charge in [-0.2, -0.15) is 0 Å². The van der Waals surface area contributed by atoms with Crippen LogP contribution in [-0.2, 0) is 25.0 Å². The number of aliphatic hydroxyl groups excluding tert-OH is 1. The summed E-state index contributed by atoms with van der Waals surface area (Å²) in [6.07, 6.45) is -0.790. The number of nitrogens with zero attached hydrogens (tertiary/aromatic N) is 2. The molecule has 0 amide bonds. The maximum Gasteiger partial charge on any atom is 0.135 e. The number of hydrogen-bond acceptors (Lipinski definition) is 3. The first-order chi connectivity index (χ1) is 13.0. The molecule has 5 heteroatoms. The Morgan fingerprint density at radius 3 is 2.48 bits per heavy atom. The van der Waals surface area contributed by atoms with Crippen LogP contribution in [0.5, 0.6) is 0 Å². The summed E-state index contributed by atoms with van der Waals surface area (Å²) in [6, 6.07) is 17.3. The lowest BCUT2D eigenvalue weighted by Crippen LogP contribution is -2.11. The highest BCUT2D eigenvalue weighted by molar-refractivity contribution is 6.30. The van der Waals surface area contributed by atoms with Gasteiger partial charge in [0, 0.05) is 12.1 Å². The molecule has 0 radical (unpaired) electrons. The minimum atomic E-state index is -0.790. The minimum absolute atomic E-state index is 0.183. The molecular formula is C22H25ClN2O2. The standard InChI is InChI=1S/C22H25ClN2O2/c1-15(2)20-21(22(26)17-10-7-11-18(23)12-17)25(3)19(24-20)14-27-13-16-8-5-4-6-9-16/h4-12,15,22,26H,13-14H2,1-3H3. The third-order valence-electron chi connectivity index (χ3n) is 4.57. The van der Waals surface area contributed by atoms with Crippen molar-refractivity contribution in [3.05, 3.63) is 88.0 Å². The molecule has 2 aromatic carbocycles. The number of rotatable bonds is 7. The van der Waals surface area contributed by atoms with Crippen LogP contribution in [-0.4, -0.2) is 14.7 Å². The Labute approximate surface area is 165 Å². The van der Waals surface area contributed by atoms with Gasteiger partial charge >= 0.3 is 0 Å². The predicted octanol–water partition coefficient (Wildman–Crippen LogP) is 5.00. The van der Waals surface area contributed by atoms with Crippen LogP contribution in [0.15, 0.2) is 54.6 Å². The van der Waals surface area contributed by atoms with E-state index in [1.165, 1.54) is 0 Å². The van der Waals surface area contributed by atoms with Gasteiger partial charge in [-0.15, -0.1) is 0 Å². The van der Waals surface area contributed by atoms with Crippen molar-refractivity contribution in [3.8, 4) is 0 Å². The van der Waals surface area contributed by atoms with Crippen molar-refractivity contribution in [1.82, 2.24) is 9.55 Å². The van der Waals surface area contributed by atoms with E-state index in [9.17, 15) is 5.11 Å². The highest BCUT2D eigenvalue weighted by atomic mass is 35.5. The van der Waals surface area contributed by atoms with Gasteiger partial charge in [0.05, 0.1) is 18.0 Å². The Kier molecular flexibility index (Phi) is 6.32. The molecular weight excluding hydrogens is 360 g/mol. The summed E-state index contributed by atoms with van der Waals surface area (Å²) < 4.78 is 7.79. The summed E-state index contributed by atoms with van der Waals surface area (Å²) in [5.41, 5.74) is 3.54. The molecule has 0 bridgehead atoms. The van der Waals surface area contributed by atoms with E-state index in [1.807, 2.05) is 54.1 Å². The second-order valence-corrected chi connectivity index (χ2v) is 7.38. The first-order valence-electron chi connectivity index (χ1n) is 9.08. The van der Waals surface area contributed by atoms with Gasteiger partial charge in [0.25, 0.3) is 0 Å². The highest BCUT2D eigenvalue weighted by Crippen LogP contribution is 2.31. The lowest BCUT2D eigenvalue weighted by molar-refractivity contribution is 0.0993. The molecule has 0 aliphatic rings. The molecule has 0 saturated heterocycles. The fourth-order valence-electron chi connectivity index (χ4n) is 3.13. The van der Waals surface area contributed by atoms with Gasteiger partial charge in [-0.25, -0.2) is 4.98 Å². The van der Waals surface area contributed by atoms with E-state index in [1.54, 1.807) is 12.1 Å². The molecule has 3 aromatic rings. The van der Waals surface area contributed by atoms with Gasteiger partial charge in [0.15, 0.2) is 0 Å². The van der Waals surface area contributed by atoms with Crippen LogP contribution in [0.3, 0.4) is 0 Å². The number of hydrogen-bond donors (Lipinski definition) is 1. The Morgan fingerprint density at radius 2 is 1.81 bits per heavy atom. The van der Waals surface area contributed by atoms with E-state index in [0.717, 1.165) is 28.3 Å². The number of halogens is 1. The molecule has 0 saturated carbocycles. The maximum atomic E-state index is 11.0. The molecule has 0 spiro atoms. The van der Waals surface area contributed by atoms with Crippen molar-refractivity contribution in [2.75, 3.05) is 0 Å². The Morgan fingerprint density at radius 1 is 1.07 bits per heavy atom. The smallest absolute Gasteiger partial charge is 0.135 e. The number of ether oxygens (including phenoxy) is 1. The summed E-state index contributed by atoms with van der Waals surface area (Å²) in [5, 5.41) is 11.6. The normalized spacial score (nSPS) is 12.5. The zero-order valence-corrected chi connectivity index (χ0v) is 16.6. The zero-order valence-electron chi connectivity index (χ0n) is 15.9. The van der Waals surface area contributed by atoms with Crippen LogP contribution in [0.1, 0.15) is 54.2 Å². The van der Waals surface area contributed by atoms with Gasteiger partial charge in [0.1, 0.15) is 18.5 Å². The monoisotopic (exact) mass is 384 g/mol. The van der Waals surface area contributed by atoms with Crippen molar-refractivity contribution in [2.24, 2.45) is 7.05 Å². The lowest BCUT2D eigenvalue weighted by atomic mass is 10.0. The summed E-state index contributed by atoms with van der Waals surface area (Å²) >= 11 is 6.10. The van der Waals surface area contributed by atoms with E-state index < -0.39 is 6.10 Å². The van der Waals surface area contributed by atoms with Gasteiger partial charge in [0.2, 0.25) is 0 Å². The average Bonchev–Trinajstić information content (AvgIpc) is 2.99. The lowest BCUT2D eigenvalue weighted by Gasteiger charge is -2.16. The Hall–Kier alpha value is -2.14. The second-order valence-electron chi connectivity index (χ2n) is 6.95. The molecule has 1 heterocycles. The SMILES string of the molecule is CC(C)c1nc(COCc2ccccc2)n(C)c1C(O)c1cccc(Cl)c1. The van der Waals surface area contributed by atoms with Gasteiger partial charge < -0.3 is 14.4 Å². The second kappa shape index (κ2) is 8.70. The first-order valence-corrected chi connectivity index (χ1v) is 9.45.